The third kappa shape index (κ3) is 3.75. The Kier molecular flexibility index (Phi) is 5.30. The van der Waals surface area contributed by atoms with Gasteiger partial charge in [-0.15, -0.1) is 0 Å². The molecule has 2 unspecified atom stereocenters. The molecule has 0 aromatic carbocycles. The van der Waals surface area contributed by atoms with Gasteiger partial charge in [0.15, 0.2) is 5.82 Å². The van der Waals surface area contributed by atoms with Crippen LogP contribution >= 0.6 is 0 Å². The average molecular weight is 268 g/mol. The maximum atomic E-state index is 5.85. The van der Waals surface area contributed by atoms with Gasteiger partial charge in [0.2, 0.25) is 5.89 Å². The normalized spacial score (nSPS) is 24.8. The lowest BCUT2D eigenvalue weighted by Gasteiger charge is -2.37. The van der Waals surface area contributed by atoms with Gasteiger partial charge in [-0.2, -0.15) is 4.98 Å². The number of rotatable bonds is 6. The Bertz CT molecular complexity index is 382. The third-order valence-electron chi connectivity index (χ3n) is 3.72. The Balaban J connectivity index is 1.93. The number of piperidine rings is 1. The summed E-state index contributed by atoms with van der Waals surface area (Å²) in [7, 11) is 1.77. The van der Waals surface area contributed by atoms with Crippen molar-refractivity contribution in [1.29, 1.82) is 0 Å². The molecule has 19 heavy (non-hydrogen) atoms. The lowest BCUT2D eigenvalue weighted by atomic mass is 9.99. The van der Waals surface area contributed by atoms with E-state index >= 15 is 0 Å². The molecule has 108 valence electrons. The lowest BCUT2D eigenvalue weighted by molar-refractivity contribution is 0.00676. The first-order chi connectivity index (χ1) is 9.26. The Labute approximate surface area is 114 Å². The molecule has 6 heteroatoms. The van der Waals surface area contributed by atoms with Crippen molar-refractivity contribution in [1.82, 2.24) is 15.0 Å². The number of aryl methyl sites for hydroxylation is 1. The van der Waals surface area contributed by atoms with Crippen LogP contribution in [0.4, 0.5) is 0 Å². The first-order valence-corrected chi connectivity index (χ1v) is 7.05. The van der Waals surface area contributed by atoms with Crippen LogP contribution in [0.3, 0.4) is 0 Å². The maximum Gasteiger partial charge on any atom is 0.240 e. The van der Waals surface area contributed by atoms with Gasteiger partial charge < -0.3 is 15.0 Å². The van der Waals surface area contributed by atoms with Crippen molar-refractivity contribution in [3.63, 3.8) is 0 Å². The van der Waals surface area contributed by atoms with E-state index in [2.05, 4.69) is 22.0 Å². The number of hydrogen-bond donors (Lipinski definition) is 1. The van der Waals surface area contributed by atoms with Crippen LogP contribution in [-0.4, -0.2) is 47.4 Å². The van der Waals surface area contributed by atoms with Crippen LogP contribution in [0.5, 0.6) is 0 Å². The van der Waals surface area contributed by atoms with Gasteiger partial charge in [0.25, 0.3) is 0 Å². The molecule has 1 aromatic rings. The molecule has 2 rings (SSSR count). The highest BCUT2D eigenvalue weighted by Crippen LogP contribution is 2.20. The molecule has 0 saturated carbocycles. The van der Waals surface area contributed by atoms with Crippen molar-refractivity contribution in [3.05, 3.63) is 11.7 Å². The number of aromatic nitrogens is 2. The smallest absolute Gasteiger partial charge is 0.240 e. The van der Waals surface area contributed by atoms with E-state index in [0.29, 0.717) is 31.1 Å². The van der Waals surface area contributed by atoms with Crippen molar-refractivity contribution in [2.45, 2.75) is 51.3 Å². The third-order valence-corrected chi connectivity index (χ3v) is 3.72. The minimum absolute atomic E-state index is 0.322. The van der Waals surface area contributed by atoms with Gasteiger partial charge in [-0.3, -0.25) is 4.90 Å². The molecule has 1 saturated heterocycles. The van der Waals surface area contributed by atoms with Crippen LogP contribution in [0, 0.1) is 0 Å². The zero-order valence-corrected chi connectivity index (χ0v) is 11.8. The summed E-state index contributed by atoms with van der Waals surface area (Å²) in [6.45, 7) is 4.40. The Hall–Kier alpha value is -0.980. The number of nitrogens with zero attached hydrogens (tertiary/aromatic N) is 3. The summed E-state index contributed by atoms with van der Waals surface area (Å²) < 4.78 is 10.7. The van der Waals surface area contributed by atoms with Crippen LogP contribution < -0.4 is 5.73 Å². The summed E-state index contributed by atoms with van der Waals surface area (Å²) >= 11 is 0. The van der Waals surface area contributed by atoms with Gasteiger partial charge in [0.05, 0.1) is 12.6 Å². The fourth-order valence-corrected chi connectivity index (χ4v) is 2.58. The zero-order chi connectivity index (χ0) is 13.7. The fraction of sp³-hybridized carbons (Fsp3) is 0.846. The van der Waals surface area contributed by atoms with Crippen LogP contribution in [0.1, 0.15) is 37.9 Å². The van der Waals surface area contributed by atoms with Crippen LogP contribution in [-0.2, 0) is 17.7 Å². The van der Waals surface area contributed by atoms with E-state index in [4.69, 9.17) is 15.0 Å². The van der Waals surface area contributed by atoms with Crippen LogP contribution in [0.15, 0.2) is 4.52 Å². The number of hydrogen-bond acceptors (Lipinski definition) is 6. The molecule has 2 heterocycles. The minimum Gasteiger partial charge on any atom is -0.381 e. The molecular weight excluding hydrogens is 244 g/mol. The number of ether oxygens (including phenoxy) is 1. The van der Waals surface area contributed by atoms with Gasteiger partial charge >= 0.3 is 0 Å². The van der Waals surface area contributed by atoms with E-state index in [1.165, 1.54) is 0 Å². The standard InChI is InChI=1S/C13H24N4O2/c1-3-4-12-15-13(19-16-12)9-17-6-5-11(18-2)7-10(17)8-14/h10-11H,3-9,14H2,1-2H3. The number of likely N-dealkylation sites (tertiary alicyclic amines) is 1. The van der Waals surface area contributed by atoms with Crippen molar-refractivity contribution in [3.8, 4) is 0 Å². The maximum absolute atomic E-state index is 5.85. The van der Waals surface area contributed by atoms with Gasteiger partial charge in [0.1, 0.15) is 0 Å². The Morgan fingerprint density at radius 3 is 3.05 bits per heavy atom. The van der Waals surface area contributed by atoms with Crippen molar-refractivity contribution < 1.29 is 9.26 Å². The molecule has 0 spiro atoms. The summed E-state index contributed by atoms with van der Waals surface area (Å²) in [5.41, 5.74) is 5.85. The minimum atomic E-state index is 0.322. The fourth-order valence-electron chi connectivity index (χ4n) is 2.58. The molecule has 2 N–H and O–H groups in total. The second kappa shape index (κ2) is 6.98. The Morgan fingerprint density at radius 1 is 1.53 bits per heavy atom. The van der Waals surface area contributed by atoms with E-state index < -0.39 is 0 Å². The molecular formula is C13H24N4O2. The zero-order valence-electron chi connectivity index (χ0n) is 11.8. The van der Waals surface area contributed by atoms with Crippen molar-refractivity contribution in [2.24, 2.45) is 5.73 Å². The first-order valence-electron chi connectivity index (χ1n) is 7.05. The number of methoxy groups -OCH3 is 1. The van der Waals surface area contributed by atoms with E-state index in [1.807, 2.05) is 0 Å². The van der Waals surface area contributed by atoms with E-state index in [9.17, 15) is 0 Å². The van der Waals surface area contributed by atoms with E-state index in [1.54, 1.807) is 7.11 Å². The molecule has 0 bridgehead atoms. The topological polar surface area (TPSA) is 77.4 Å². The Morgan fingerprint density at radius 2 is 2.37 bits per heavy atom. The predicted molar refractivity (Wildman–Crippen MR) is 71.6 cm³/mol. The monoisotopic (exact) mass is 268 g/mol. The predicted octanol–water partition coefficient (Wildman–Crippen LogP) is 0.960. The molecule has 1 aliphatic heterocycles. The summed E-state index contributed by atoms with van der Waals surface area (Å²) in [4.78, 5) is 6.73. The SMILES string of the molecule is CCCc1noc(CN2CCC(OC)CC2CN)n1. The van der Waals surface area contributed by atoms with Crippen molar-refractivity contribution >= 4 is 0 Å². The van der Waals surface area contributed by atoms with E-state index in [0.717, 1.165) is 38.1 Å². The molecule has 1 fully saturated rings. The van der Waals surface area contributed by atoms with Gasteiger partial charge in [-0.1, -0.05) is 12.1 Å². The van der Waals surface area contributed by atoms with Gasteiger partial charge in [0, 0.05) is 32.7 Å². The summed E-state index contributed by atoms with van der Waals surface area (Å²) in [6.07, 6.45) is 4.23. The van der Waals surface area contributed by atoms with E-state index in [-0.39, 0.29) is 0 Å². The summed E-state index contributed by atoms with van der Waals surface area (Å²) in [5, 5.41) is 3.98. The highest BCUT2D eigenvalue weighted by molar-refractivity contribution is 4.90. The summed E-state index contributed by atoms with van der Waals surface area (Å²) in [5.74, 6) is 1.49. The quantitative estimate of drug-likeness (QED) is 0.828. The largest absolute Gasteiger partial charge is 0.381 e. The summed E-state index contributed by atoms with van der Waals surface area (Å²) in [6, 6.07) is 0.334. The highest BCUT2D eigenvalue weighted by atomic mass is 16.5. The second-order valence-corrected chi connectivity index (χ2v) is 5.10. The molecule has 6 nitrogen and oxygen atoms in total. The number of nitrogens with two attached hydrogens (primary N) is 1. The van der Waals surface area contributed by atoms with Gasteiger partial charge in [-0.05, 0) is 19.3 Å². The second-order valence-electron chi connectivity index (χ2n) is 5.10. The molecule has 0 aliphatic carbocycles. The first kappa shape index (κ1) is 14.4. The molecule has 0 amide bonds. The molecule has 1 aliphatic rings. The lowest BCUT2D eigenvalue weighted by Crippen LogP contribution is -2.48. The van der Waals surface area contributed by atoms with Gasteiger partial charge in [-0.25, -0.2) is 0 Å². The van der Waals surface area contributed by atoms with Crippen LogP contribution in [0.2, 0.25) is 0 Å². The molecule has 1 aromatic heterocycles. The average Bonchev–Trinajstić information content (AvgIpc) is 2.87. The van der Waals surface area contributed by atoms with Crippen molar-refractivity contribution in [2.75, 3.05) is 20.2 Å². The molecule has 0 radical (unpaired) electrons. The highest BCUT2D eigenvalue weighted by Gasteiger charge is 2.28. The van der Waals surface area contributed by atoms with Crippen LogP contribution in [0.25, 0.3) is 0 Å². The molecule has 2 atom stereocenters.